The van der Waals surface area contributed by atoms with Gasteiger partial charge in [0.05, 0.1) is 6.54 Å². The van der Waals surface area contributed by atoms with E-state index in [0.29, 0.717) is 17.7 Å². The van der Waals surface area contributed by atoms with Crippen molar-refractivity contribution in [3.05, 3.63) is 0 Å². The van der Waals surface area contributed by atoms with Gasteiger partial charge < -0.3 is 10.6 Å². The quantitative estimate of drug-likeness (QED) is 0.748. The molecule has 15 heavy (non-hydrogen) atoms. The lowest BCUT2D eigenvalue weighted by molar-refractivity contribution is -0.185. The van der Waals surface area contributed by atoms with Crippen molar-refractivity contribution in [3.63, 3.8) is 0 Å². The van der Waals surface area contributed by atoms with Gasteiger partial charge in [0.2, 0.25) is 5.91 Å². The first-order valence-electron chi connectivity index (χ1n) is 4.43. The molecular formula is C8H13F3N2O2. The molecule has 0 rings (SSSR count). The largest absolute Gasteiger partial charge is 0.471 e. The zero-order valence-corrected chi connectivity index (χ0v) is 8.30. The predicted octanol–water partition coefficient (Wildman–Crippen LogP) is 0.663. The van der Waals surface area contributed by atoms with Crippen LogP contribution in [0.2, 0.25) is 0 Å². The van der Waals surface area contributed by atoms with E-state index in [-0.39, 0.29) is 6.54 Å². The van der Waals surface area contributed by atoms with Crippen LogP contribution in [0.3, 0.4) is 0 Å². The number of unbranched alkanes of at least 4 members (excludes halogenated alkanes) is 1. The minimum Gasteiger partial charge on any atom is -0.368 e. The number of rotatable bonds is 5. The smallest absolute Gasteiger partial charge is 0.368 e. The van der Waals surface area contributed by atoms with E-state index in [1.807, 2.05) is 0 Å². The lowest BCUT2D eigenvalue weighted by Gasteiger charge is -2.21. The molecule has 0 radical (unpaired) electrons. The van der Waals surface area contributed by atoms with Crippen molar-refractivity contribution in [3.8, 4) is 0 Å². The van der Waals surface area contributed by atoms with Gasteiger partial charge in [0.25, 0.3) is 0 Å². The van der Waals surface area contributed by atoms with E-state index < -0.39 is 24.5 Å². The molecule has 0 aromatic rings. The number of carbonyl (C=O) groups excluding carboxylic acids is 2. The van der Waals surface area contributed by atoms with Crippen LogP contribution in [0.5, 0.6) is 0 Å². The Morgan fingerprint density at radius 2 is 1.87 bits per heavy atom. The first kappa shape index (κ1) is 13.7. The molecule has 88 valence electrons. The molecule has 0 bridgehead atoms. The molecule has 0 aliphatic carbocycles. The molecule has 0 fully saturated rings. The number of nitrogens with zero attached hydrogens (tertiary/aromatic N) is 1. The second kappa shape index (κ2) is 5.57. The fourth-order valence-electron chi connectivity index (χ4n) is 0.969. The summed E-state index contributed by atoms with van der Waals surface area (Å²) in [6, 6.07) is 0. The molecule has 0 saturated heterocycles. The molecule has 0 aromatic carbocycles. The summed E-state index contributed by atoms with van der Waals surface area (Å²) >= 11 is 0. The van der Waals surface area contributed by atoms with Crippen molar-refractivity contribution in [2.75, 3.05) is 13.1 Å². The van der Waals surface area contributed by atoms with Gasteiger partial charge in [-0.3, -0.25) is 9.59 Å². The van der Waals surface area contributed by atoms with Crippen LogP contribution in [0.1, 0.15) is 19.8 Å². The number of nitrogens with two attached hydrogens (primary N) is 1. The molecule has 7 heteroatoms. The van der Waals surface area contributed by atoms with Crippen LogP contribution in [0.4, 0.5) is 13.2 Å². The third-order valence-corrected chi connectivity index (χ3v) is 1.66. The van der Waals surface area contributed by atoms with Crippen molar-refractivity contribution in [1.82, 2.24) is 4.90 Å². The second-order valence-corrected chi connectivity index (χ2v) is 3.04. The summed E-state index contributed by atoms with van der Waals surface area (Å²) < 4.78 is 36.1. The Balaban J connectivity index is 4.47. The molecule has 0 heterocycles. The lowest BCUT2D eigenvalue weighted by Crippen LogP contribution is -2.45. The SMILES string of the molecule is CCCCN(CC(N)=O)C(=O)C(F)(F)F. The Morgan fingerprint density at radius 3 is 2.20 bits per heavy atom. The number of carbonyl (C=O) groups is 2. The van der Waals surface area contributed by atoms with Gasteiger partial charge in [0.15, 0.2) is 0 Å². The number of hydrogen-bond acceptors (Lipinski definition) is 2. The zero-order chi connectivity index (χ0) is 12.1. The van der Waals surface area contributed by atoms with E-state index in [1.54, 1.807) is 6.92 Å². The molecule has 0 spiro atoms. The van der Waals surface area contributed by atoms with Gasteiger partial charge >= 0.3 is 12.1 Å². The summed E-state index contributed by atoms with van der Waals surface area (Å²) in [6.45, 7) is 0.955. The summed E-state index contributed by atoms with van der Waals surface area (Å²) in [5.41, 5.74) is 4.75. The Labute approximate surface area is 85.2 Å². The Hall–Kier alpha value is -1.27. The highest BCUT2D eigenvalue weighted by atomic mass is 19.4. The molecular weight excluding hydrogens is 213 g/mol. The molecule has 0 aromatic heterocycles. The monoisotopic (exact) mass is 226 g/mol. The van der Waals surface area contributed by atoms with Crippen molar-refractivity contribution in [1.29, 1.82) is 0 Å². The van der Waals surface area contributed by atoms with Crippen molar-refractivity contribution >= 4 is 11.8 Å². The Kier molecular flexibility index (Phi) is 5.10. The number of amides is 2. The number of hydrogen-bond donors (Lipinski definition) is 1. The van der Waals surface area contributed by atoms with Crippen LogP contribution < -0.4 is 5.73 Å². The Morgan fingerprint density at radius 1 is 1.33 bits per heavy atom. The van der Waals surface area contributed by atoms with E-state index in [2.05, 4.69) is 0 Å². The van der Waals surface area contributed by atoms with E-state index in [1.165, 1.54) is 0 Å². The van der Waals surface area contributed by atoms with Crippen LogP contribution >= 0.6 is 0 Å². The van der Waals surface area contributed by atoms with E-state index in [9.17, 15) is 22.8 Å². The van der Waals surface area contributed by atoms with Crippen LogP contribution in [0.25, 0.3) is 0 Å². The third-order valence-electron chi connectivity index (χ3n) is 1.66. The van der Waals surface area contributed by atoms with Crippen molar-refractivity contribution < 1.29 is 22.8 Å². The van der Waals surface area contributed by atoms with Gasteiger partial charge in [-0.25, -0.2) is 0 Å². The molecule has 2 N–H and O–H groups in total. The topological polar surface area (TPSA) is 63.4 Å². The molecule has 0 unspecified atom stereocenters. The lowest BCUT2D eigenvalue weighted by atomic mass is 10.3. The summed E-state index contributed by atoms with van der Waals surface area (Å²) in [7, 11) is 0. The minimum absolute atomic E-state index is 0.113. The highest BCUT2D eigenvalue weighted by Gasteiger charge is 2.42. The maximum Gasteiger partial charge on any atom is 0.471 e. The van der Waals surface area contributed by atoms with E-state index >= 15 is 0 Å². The fourth-order valence-corrected chi connectivity index (χ4v) is 0.969. The van der Waals surface area contributed by atoms with Gasteiger partial charge in [-0.1, -0.05) is 13.3 Å². The van der Waals surface area contributed by atoms with Gasteiger partial charge in [0, 0.05) is 6.54 Å². The van der Waals surface area contributed by atoms with Crippen LogP contribution in [0.15, 0.2) is 0 Å². The van der Waals surface area contributed by atoms with Crippen molar-refractivity contribution in [2.24, 2.45) is 5.73 Å². The van der Waals surface area contributed by atoms with Crippen LogP contribution in [-0.4, -0.2) is 36.0 Å². The van der Waals surface area contributed by atoms with Crippen LogP contribution in [-0.2, 0) is 9.59 Å². The summed E-state index contributed by atoms with van der Waals surface area (Å²) in [5.74, 6) is -2.97. The zero-order valence-electron chi connectivity index (χ0n) is 8.30. The van der Waals surface area contributed by atoms with Crippen LogP contribution in [0, 0.1) is 0 Å². The van der Waals surface area contributed by atoms with Gasteiger partial charge in [-0.05, 0) is 6.42 Å². The van der Waals surface area contributed by atoms with Gasteiger partial charge in [0.1, 0.15) is 0 Å². The van der Waals surface area contributed by atoms with Crippen molar-refractivity contribution in [2.45, 2.75) is 25.9 Å². The number of halogens is 3. The Bertz CT molecular complexity index is 241. The fraction of sp³-hybridized carbons (Fsp3) is 0.750. The molecule has 0 aliphatic rings. The average Bonchev–Trinajstić information content (AvgIpc) is 2.09. The van der Waals surface area contributed by atoms with E-state index in [0.717, 1.165) is 0 Å². The first-order chi connectivity index (χ1) is 6.79. The number of primary amides is 1. The highest BCUT2D eigenvalue weighted by molar-refractivity contribution is 5.86. The summed E-state index contributed by atoms with van der Waals surface area (Å²) in [5, 5.41) is 0. The third kappa shape index (κ3) is 5.24. The normalized spacial score (nSPS) is 11.2. The highest BCUT2D eigenvalue weighted by Crippen LogP contribution is 2.18. The maximum absolute atomic E-state index is 12.0. The summed E-state index contributed by atoms with van der Waals surface area (Å²) in [6.07, 6.45) is -3.93. The maximum atomic E-state index is 12.0. The van der Waals surface area contributed by atoms with Gasteiger partial charge in [-0.15, -0.1) is 0 Å². The minimum atomic E-state index is -4.96. The standard InChI is InChI=1S/C8H13F3N2O2/c1-2-3-4-13(5-6(12)14)7(15)8(9,10)11/h2-5H2,1H3,(H2,12,14). The average molecular weight is 226 g/mol. The molecule has 0 aliphatic heterocycles. The molecule has 4 nitrogen and oxygen atoms in total. The molecule has 2 amide bonds. The summed E-state index contributed by atoms with van der Waals surface area (Å²) in [4.78, 5) is 21.7. The first-order valence-corrected chi connectivity index (χ1v) is 4.43. The molecule has 0 atom stereocenters. The number of alkyl halides is 3. The molecule has 0 saturated carbocycles. The van der Waals surface area contributed by atoms with Gasteiger partial charge in [-0.2, -0.15) is 13.2 Å². The second-order valence-electron chi connectivity index (χ2n) is 3.04. The predicted molar refractivity (Wildman–Crippen MR) is 46.7 cm³/mol. The van der Waals surface area contributed by atoms with E-state index in [4.69, 9.17) is 5.73 Å².